The van der Waals surface area contributed by atoms with Crippen molar-refractivity contribution in [2.45, 2.75) is 27.5 Å². The Morgan fingerprint density at radius 2 is 1.89 bits per heavy atom. The second kappa shape index (κ2) is 19.7. The zero-order valence-electron chi connectivity index (χ0n) is 24.3. The Morgan fingerprint density at radius 1 is 1.21 bits per heavy atom. The van der Waals surface area contributed by atoms with E-state index in [1.807, 2.05) is 0 Å². The number of carbonyl (C=O) groups is 4. The SMILES string of the molecule is Nc1nc(/C(=N\OC(SCC(F)F)C(=O)O)C([O-])=N[C@@H]2C(=O)N3C(C(=O)[O-])=C(CSc4s[nH]c(=O)c4C(=O)[O-])CS[C@H]23)cs1.[Na+].[Na+].[Na+]. The number of alkyl halides is 2. The molecule has 4 rings (SSSR count). The van der Waals surface area contributed by atoms with Gasteiger partial charge in [-0.05, 0) is 5.57 Å². The molecule has 3 atom stereocenters. The van der Waals surface area contributed by atoms with Gasteiger partial charge >= 0.3 is 94.6 Å². The number of rotatable bonds is 14. The van der Waals surface area contributed by atoms with E-state index in [1.54, 1.807) is 0 Å². The number of anilines is 1. The molecule has 2 aromatic heterocycles. The Labute approximate surface area is 349 Å². The van der Waals surface area contributed by atoms with Gasteiger partial charge in [0.2, 0.25) is 6.43 Å². The van der Waals surface area contributed by atoms with Crippen LogP contribution in [-0.4, -0.2) is 95.3 Å². The average Bonchev–Trinajstić information content (AvgIpc) is 3.55. The molecule has 1 amide bonds. The molecule has 1 fully saturated rings. The van der Waals surface area contributed by atoms with Crippen LogP contribution in [0.25, 0.3) is 0 Å². The van der Waals surface area contributed by atoms with Crippen molar-refractivity contribution < 1.29 is 142 Å². The first kappa shape index (κ1) is 44.4. The average molecular weight is 779 g/mol. The number of aromatic nitrogens is 2. The number of nitrogen functional groups attached to an aromatic ring is 1. The number of hydrogen-bond acceptors (Lipinski definition) is 18. The first-order valence-corrected chi connectivity index (χ1v) is 16.3. The Hall–Kier alpha value is -0.670. The minimum atomic E-state index is -2.86. The summed E-state index contributed by atoms with van der Waals surface area (Å²) in [6, 6.07) is -1.42. The predicted molar refractivity (Wildman–Crippen MR) is 150 cm³/mol. The van der Waals surface area contributed by atoms with Crippen LogP contribution in [0.5, 0.6) is 0 Å². The number of amides is 1. The van der Waals surface area contributed by atoms with Gasteiger partial charge in [-0.3, -0.25) is 23.9 Å². The number of thiazole rings is 1. The molecule has 0 radical (unpaired) electrons. The number of hydrogen-bond donors (Lipinski definition) is 3. The monoisotopic (exact) mass is 778 g/mol. The van der Waals surface area contributed by atoms with E-state index in [2.05, 4.69) is 19.5 Å². The van der Waals surface area contributed by atoms with Gasteiger partial charge in [0.15, 0.2) is 11.2 Å². The summed E-state index contributed by atoms with van der Waals surface area (Å²) >= 11 is 3.67. The number of carboxylic acids is 3. The number of nitrogens with one attached hydrogen (secondary N) is 1. The van der Waals surface area contributed by atoms with Crippen molar-refractivity contribution in [3.63, 3.8) is 0 Å². The number of carbonyl (C=O) groups excluding carboxylic acids is 3. The van der Waals surface area contributed by atoms with E-state index in [-0.39, 0.29) is 133 Å². The van der Waals surface area contributed by atoms with E-state index >= 15 is 0 Å². The van der Waals surface area contributed by atoms with Gasteiger partial charge in [0.1, 0.15) is 16.8 Å². The number of thioether (sulfide) groups is 3. The Kier molecular flexibility index (Phi) is 18.5. The van der Waals surface area contributed by atoms with E-state index in [1.165, 1.54) is 5.38 Å². The van der Waals surface area contributed by atoms with Gasteiger partial charge in [-0.25, -0.2) is 18.6 Å². The molecular formula is C21H15F2N6Na3O10S5. The van der Waals surface area contributed by atoms with Gasteiger partial charge in [-0.15, -0.1) is 34.9 Å². The van der Waals surface area contributed by atoms with E-state index < -0.39 is 81.3 Å². The number of aromatic carboxylic acids is 1. The quantitative estimate of drug-likeness (QED) is 0.0306. The fourth-order valence-corrected chi connectivity index (χ4v) is 8.19. The number of oxime groups is 1. The smallest absolute Gasteiger partial charge is 0.857 e. The fraction of sp³-hybridized carbons (Fsp3) is 0.333. The van der Waals surface area contributed by atoms with Crippen LogP contribution < -0.4 is 115 Å². The minimum Gasteiger partial charge on any atom is -0.857 e. The maximum Gasteiger partial charge on any atom is 1.00 e. The molecule has 26 heteroatoms. The van der Waals surface area contributed by atoms with Crippen LogP contribution in [-0.2, 0) is 19.2 Å². The molecule has 1 saturated heterocycles. The molecule has 0 aliphatic carbocycles. The maximum atomic E-state index is 13.1. The van der Waals surface area contributed by atoms with Crippen molar-refractivity contribution in [3.05, 3.63) is 38.3 Å². The summed E-state index contributed by atoms with van der Waals surface area (Å²) in [5.74, 6) is -8.26. The third-order valence-corrected chi connectivity index (χ3v) is 10.8. The van der Waals surface area contributed by atoms with Gasteiger partial charge in [0.25, 0.3) is 16.9 Å². The summed E-state index contributed by atoms with van der Waals surface area (Å²) < 4.78 is 27.4. The standard InChI is InChI=1S/C21H18F2N6O10S5.3Na/c22-7(23)4-41-19(18(37)38)39-27-9(6-3-43-21(24)25-6)13(31)26-10-14(32)29-11(17(35)36)5(1-40-15(10)29)2-42-20-8(16(33)34)12(30)28-44-20;;;/h3,7,10,15,19H,1-2,4H2,(H2,24,25)(H,26,31)(H,28,30)(H,33,34)(H,35,36)(H,37,38);;;/q;3*+1/p-3/b27-9+;;;/t10-,15-,19?;;;/m1.../s1. The molecule has 2 aliphatic heterocycles. The number of halogens is 2. The summed E-state index contributed by atoms with van der Waals surface area (Å²) in [6.45, 7) is 0. The molecule has 236 valence electrons. The van der Waals surface area contributed by atoms with Gasteiger partial charge in [-0.2, -0.15) is 0 Å². The minimum absolute atomic E-state index is 0. The van der Waals surface area contributed by atoms with Crippen LogP contribution in [0.15, 0.2) is 35.8 Å². The van der Waals surface area contributed by atoms with Crippen LogP contribution >= 0.6 is 58.2 Å². The Bertz CT molecular complexity index is 1650. The number of fused-ring (bicyclic) bond motifs is 1. The van der Waals surface area contributed by atoms with Gasteiger partial charge in [0, 0.05) is 22.8 Å². The number of aromatic amines is 1. The Balaban J connectivity index is 0.00000368. The Morgan fingerprint density at radius 3 is 2.45 bits per heavy atom. The summed E-state index contributed by atoms with van der Waals surface area (Å²) in [4.78, 5) is 72.8. The van der Waals surface area contributed by atoms with Crippen LogP contribution in [0, 0.1) is 0 Å². The third kappa shape index (κ3) is 10.7. The van der Waals surface area contributed by atoms with E-state index in [0.717, 1.165) is 51.3 Å². The first-order chi connectivity index (χ1) is 20.8. The number of β-lactam (4-membered cyclic amide) rings is 1. The second-order valence-corrected chi connectivity index (χ2v) is 13.5. The fourth-order valence-electron chi connectivity index (χ4n) is 3.65. The molecule has 0 aromatic carbocycles. The van der Waals surface area contributed by atoms with E-state index in [0.29, 0.717) is 0 Å². The summed E-state index contributed by atoms with van der Waals surface area (Å²) in [5.41, 5.74) is 0.956. The van der Waals surface area contributed by atoms with Gasteiger partial charge in [-0.1, -0.05) is 28.5 Å². The zero-order valence-corrected chi connectivity index (χ0v) is 34.4. The second-order valence-electron chi connectivity index (χ2n) is 8.31. The summed E-state index contributed by atoms with van der Waals surface area (Å²) in [7, 11) is 0. The van der Waals surface area contributed by atoms with Crippen LogP contribution in [0.2, 0.25) is 0 Å². The van der Waals surface area contributed by atoms with Crippen molar-refractivity contribution in [2.75, 3.05) is 23.0 Å². The number of aliphatic carboxylic acids is 2. The van der Waals surface area contributed by atoms with Crippen LogP contribution in [0.4, 0.5) is 13.9 Å². The molecular weight excluding hydrogens is 764 g/mol. The third-order valence-electron chi connectivity index (χ3n) is 5.50. The molecule has 0 bridgehead atoms. The first-order valence-electron chi connectivity index (χ1n) is 11.6. The molecule has 4 N–H and O–H groups in total. The normalized spacial score (nSPS) is 18.3. The predicted octanol–water partition coefficient (Wildman–Crippen LogP) is -11.2. The van der Waals surface area contributed by atoms with Crippen molar-refractivity contribution >= 4 is 98.7 Å². The summed E-state index contributed by atoms with van der Waals surface area (Å²) in [6.07, 6.45) is -2.86. The van der Waals surface area contributed by atoms with Gasteiger partial charge < -0.3 is 40.6 Å². The van der Waals surface area contributed by atoms with E-state index in [4.69, 9.17) is 10.6 Å². The number of nitrogens with two attached hydrogens (primary N) is 1. The maximum absolute atomic E-state index is 13.1. The van der Waals surface area contributed by atoms with Crippen LogP contribution in [0.1, 0.15) is 16.1 Å². The van der Waals surface area contributed by atoms with Crippen molar-refractivity contribution in [2.24, 2.45) is 10.1 Å². The number of H-pyrrole nitrogens is 1. The topological polar surface area (TPSA) is 267 Å². The molecule has 0 saturated carbocycles. The largest absolute Gasteiger partial charge is 1.00 e. The zero-order chi connectivity index (χ0) is 32.3. The summed E-state index contributed by atoms with van der Waals surface area (Å²) in [5, 5.41) is 49.4. The molecule has 16 nitrogen and oxygen atoms in total. The molecule has 2 aliphatic rings. The number of aliphatic imine (C=N–C) groups is 1. The number of carboxylic acid groups (broad SMARTS) is 3. The molecule has 1 unspecified atom stereocenters. The van der Waals surface area contributed by atoms with Gasteiger partial charge in [0.05, 0.1) is 33.2 Å². The van der Waals surface area contributed by atoms with Crippen molar-refractivity contribution in [1.29, 1.82) is 0 Å². The molecule has 4 heterocycles. The molecule has 47 heavy (non-hydrogen) atoms. The van der Waals surface area contributed by atoms with Crippen molar-refractivity contribution in [3.8, 4) is 0 Å². The number of nitrogens with zero attached hydrogens (tertiary/aromatic N) is 4. The van der Waals surface area contributed by atoms with E-state index in [9.17, 15) is 53.2 Å². The molecule has 2 aromatic rings. The van der Waals surface area contributed by atoms with Crippen molar-refractivity contribution in [1.82, 2.24) is 14.3 Å². The van der Waals surface area contributed by atoms with Crippen LogP contribution in [0.3, 0.4) is 0 Å². The molecule has 0 spiro atoms.